The number of benzene rings is 2. The predicted octanol–water partition coefficient (Wildman–Crippen LogP) is 2.62. The number of likely N-dealkylation sites (tertiary alicyclic amines) is 1. The van der Waals surface area contributed by atoms with Gasteiger partial charge >= 0.3 is 0 Å². The number of sulfone groups is 1. The lowest BCUT2D eigenvalue weighted by molar-refractivity contribution is -0.138. The molecule has 0 saturated carbocycles. The SMILES string of the molecule is COc1ccc(CN(C(=O)C2CC(=O)N(CCc3ccc(C)cc3)C2)C2CCS(=O)(=O)C2)cc1OC. The van der Waals surface area contributed by atoms with E-state index >= 15 is 0 Å². The largest absolute Gasteiger partial charge is 0.493 e. The van der Waals surface area contributed by atoms with Gasteiger partial charge in [-0.25, -0.2) is 8.42 Å². The minimum Gasteiger partial charge on any atom is -0.493 e. The van der Waals surface area contributed by atoms with Crippen molar-refractivity contribution in [1.29, 1.82) is 0 Å². The van der Waals surface area contributed by atoms with Gasteiger partial charge in [-0.3, -0.25) is 9.59 Å². The van der Waals surface area contributed by atoms with Crippen molar-refractivity contribution in [3.63, 3.8) is 0 Å². The Hall–Kier alpha value is -3.07. The molecule has 2 heterocycles. The van der Waals surface area contributed by atoms with Crippen molar-refractivity contribution in [2.24, 2.45) is 5.92 Å². The van der Waals surface area contributed by atoms with Gasteiger partial charge < -0.3 is 19.3 Å². The highest BCUT2D eigenvalue weighted by molar-refractivity contribution is 7.91. The molecule has 194 valence electrons. The Bertz CT molecular complexity index is 1210. The second kappa shape index (κ2) is 10.9. The summed E-state index contributed by atoms with van der Waals surface area (Å²) in [6.45, 7) is 3.19. The lowest BCUT2D eigenvalue weighted by Gasteiger charge is -2.31. The maximum Gasteiger partial charge on any atom is 0.228 e. The van der Waals surface area contributed by atoms with Crippen LogP contribution in [-0.2, 0) is 32.4 Å². The minimum absolute atomic E-state index is 0.0365. The molecule has 4 rings (SSSR count). The molecule has 8 nitrogen and oxygen atoms in total. The van der Waals surface area contributed by atoms with Crippen molar-refractivity contribution in [1.82, 2.24) is 9.80 Å². The molecule has 2 aliphatic heterocycles. The summed E-state index contributed by atoms with van der Waals surface area (Å²) in [5.74, 6) is 0.444. The fourth-order valence-corrected chi connectivity index (χ4v) is 6.72. The first-order valence-electron chi connectivity index (χ1n) is 12.2. The highest BCUT2D eigenvalue weighted by Gasteiger charge is 2.41. The van der Waals surface area contributed by atoms with Crippen LogP contribution in [0.5, 0.6) is 11.5 Å². The van der Waals surface area contributed by atoms with Crippen LogP contribution in [0, 0.1) is 12.8 Å². The Morgan fingerprint density at radius 1 is 1.06 bits per heavy atom. The standard InChI is InChI=1S/C27H34N2O6S/c1-19-4-6-20(7-5-19)10-12-28-17-22(15-26(28)30)27(31)29(23-11-13-36(32,33)18-23)16-21-8-9-24(34-2)25(14-21)35-3/h4-9,14,22-23H,10-13,15-18H2,1-3H3. The zero-order valence-electron chi connectivity index (χ0n) is 21.1. The lowest BCUT2D eigenvalue weighted by Crippen LogP contribution is -2.44. The first-order chi connectivity index (χ1) is 17.2. The number of nitrogens with zero attached hydrogens (tertiary/aromatic N) is 2. The smallest absolute Gasteiger partial charge is 0.228 e. The van der Waals surface area contributed by atoms with Gasteiger partial charge in [-0.1, -0.05) is 35.9 Å². The highest BCUT2D eigenvalue weighted by Crippen LogP contribution is 2.31. The van der Waals surface area contributed by atoms with Gasteiger partial charge in [0.05, 0.1) is 31.6 Å². The third-order valence-corrected chi connectivity index (χ3v) is 8.84. The average Bonchev–Trinajstić information content (AvgIpc) is 3.42. The third-order valence-electron chi connectivity index (χ3n) is 7.09. The van der Waals surface area contributed by atoms with Crippen molar-refractivity contribution < 1.29 is 27.5 Å². The molecular weight excluding hydrogens is 480 g/mol. The number of hydrogen-bond donors (Lipinski definition) is 0. The highest BCUT2D eigenvalue weighted by atomic mass is 32.2. The molecule has 2 aliphatic rings. The van der Waals surface area contributed by atoms with Crippen LogP contribution < -0.4 is 9.47 Å². The molecule has 0 spiro atoms. The summed E-state index contributed by atoms with van der Waals surface area (Å²) in [5.41, 5.74) is 3.14. The molecular formula is C27H34N2O6S. The number of rotatable bonds is 9. The molecule has 0 aromatic heterocycles. The zero-order chi connectivity index (χ0) is 25.9. The van der Waals surface area contributed by atoms with Gasteiger partial charge in [0.25, 0.3) is 0 Å². The van der Waals surface area contributed by atoms with Crippen molar-refractivity contribution >= 4 is 21.7 Å². The van der Waals surface area contributed by atoms with Crippen LogP contribution >= 0.6 is 0 Å². The first-order valence-corrected chi connectivity index (χ1v) is 14.1. The van der Waals surface area contributed by atoms with E-state index in [0.717, 1.165) is 17.5 Å². The van der Waals surface area contributed by atoms with E-state index in [9.17, 15) is 18.0 Å². The second-order valence-electron chi connectivity index (χ2n) is 9.69. The van der Waals surface area contributed by atoms with E-state index in [1.807, 2.05) is 13.0 Å². The van der Waals surface area contributed by atoms with Crippen LogP contribution in [0.4, 0.5) is 0 Å². The van der Waals surface area contributed by atoms with E-state index in [1.165, 1.54) is 5.56 Å². The van der Waals surface area contributed by atoms with Crippen LogP contribution in [0.3, 0.4) is 0 Å². The summed E-state index contributed by atoms with van der Waals surface area (Å²) < 4.78 is 35.2. The quantitative estimate of drug-likeness (QED) is 0.511. The Morgan fingerprint density at radius 2 is 1.75 bits per heavy atom. The number of ether oxygens (including phenoxy) is 2. The average molecular weight is 515 g/mol. The van der Waals surface area contributed by atoms with Crippen LogP contribution in [0.2, 0.25) is 0 Å². The van der Waals surface area contributed by atoms with Crippen molar-refractivity contribution in [3.8, 4) is 11.5 Å². The number of methoxy groups -OCH3 is 2. The first kappa shape index (κ1) is 26.0. The van der Waals surface area contributed by atoms with Crippen LogP contribution in [0.15, 0.2) is 42.5 Å². The van der Waals surface area contributed by atoms with E-state index < -0.39 is 21.8 Å². The molecule has 2 fully saturated rings. The fourth-order valence-electron chi connectivity index (χ4n) is 4.99. The number of carbonyl (C=O) groups excluding carboxylic acids is 2. The minimum atomic E-state index is -3.19. The Balaban J connectivity index is 1.49. The number of hydrogen-bond acceptors (Lipinski definition) is 6. The van der Waals surface area contributed by atoms with Gasteiger partial charge in [0.2, 0.25) is 11.8 Å². The van der Waals surface area contributed by atoms with Gasteiger partial charge in [0.1, 0.15) is 0 Å². The Morgan fingerprint density at radius 3 is 2.39 bits per heavy atom. The van der Waals surface area contributed by atoms with Crippen molar-refractivity contribution in [2.75, 3.05) is 38.8 Å². The summed E-state index contributed by atoms with van der Waals surface area (Å²) in [5, 5.41) is 0. The van der Waals surface area contributed by atoms with Crippen molar-refractivity contribution in [2.45, 2.75) is 38.8 Å². The number of amides is 2. The molecule has 36 heavy (non-hydrogen) atoms. The maximum absolute atomic E-state index is 13.7. The monoisotopic (exact) mass is 514 g/mol. The van der Waals surface area contributed by atoms with Gasteiger partial charge in [-0.15, -0.1) is 0 Å². The fraction of sp³-hybridized carbons (Fsp3) is 0.481. The molecule has 0 bridgehead atoms. The summed E-state index contributed by atoms with van der Waals surface area (Å²) in [7, 11) is -0.0941. The third kappa shape index (κ3) is 6.00. The van der Waals surface area contributed by atoms with E-state index in [0.29, 0.717) is 31.0 Å². The lowest BCUT2D eigenvalue weighted by atomic mass is 10.0. The van der Waals surface area contributed by atoms with Gasteiger partial charge in [0, 0.05) is 32.1 Å². The maximum atomic E-state index is 13.7. The van der Waals surface area contributed by atoms with Crippen molar-refractivity contribution in [3.05, 3.63) is 59.2 Å². The zero-order valence-corrected chi connectivity index (χ0v) is 21.9. The van der Waals surface area contributed by atoms with Gasteiger partial charge in [-0.2, -0.15) is 0 Å². The van der Waals surface area contributed by atoms with E-state index in [-0.39, 0.29) is 36.3 Å². The topological polar surface area (TPSA) is 93.2 Å². The van der Waals surface area contributed by atoms with E-state index in [4.69, 9.17) is 9.47 Å². The van der Waals surface area contributed by atoms with Crippen LogP contribution in [0.1, 0.15) is 29.5 Å². The Kier molecular flexibility index (Phi) is 7.88. The molecule has 2 atom stereocenters. The van der Waals surface area contributed by atoms with Crippen LogP contribution in [0.25, 0.3) is 0 Å². The summed E-state index contributed by atoms with van der Waals surface area (Å²) >= 11 is 0. The van der Waals surface area contributed by atoms with Crippen LogP contribution in [-0.4, -0.2) is 74.9 Å². The molecule has 2 amide bonds. The molecule has 9 heteroatoms. The number of carbonyl (C=O) groups is 2. The normalized spacial score (nSPS) is 21.0. The summed E-state index contributed by atoms with van der Waals surface area (Å²) in [6.07, 6.45) is 1.27. The molecule has 0 aliphatic carbocycles. The Labute approximate surface area is 213 Å². The molecule has 2 unspecified atom stereocenters. The van der Waals surface area contributed by atoms with E-state index in [1.54, 1.807) is 36.2 Å². The van der Waals surface area contributed by atoms with E-state index in [2.05, 4.69) is 24.3 Å². The molecule has 2 aromatic carbocycles. The van der Waals surface area contributed by atoms with Gasteiger partial charge in [0.15, 0.2) is 21.3 Å². The molecule has 2 saturated heterocycles. The molecule has 0 radical (unpaired) electrons. The molecule has 0 N–H and O–H groups in total. The summed E-state index contributed by atoms with van der Waals surface area (Å²) in [6, 6.07) is 13.2. The second-order valence-corrected chi connectivity index (χ2v) is 11.9. The summed E-state index contributed by atoms with van der Waals surface area (Å²) in [4.78, 5) is 29.9. The predicted molar refractivity (Wildman–Crippen MR) is 137 cm³/mol. The number of aryl methyl sites for hydroxylation is 1. The molecule has 2 aromatic rings. The van der Waals surface area contributed by atoms with Gasteiger partial charge in [-0.05, 0) is 43.0 Å².